The maximum Gasteiger partial charge on any atom is 0.339 e. The SMILES string of the molecule is Cc1sc(CN2CCOc3c(C(=O)O)cccc32)cc1Br. The Labute approximate surface area is 135 Å². The largest absolute Gasteiger partial charge is 0.489 e. The van der Waals surface area contributed by atoms with Gasteiger partial charge in [-0.05, 0) is 41.1 Å². The number of hydrogen-bond acceptors (Lipinski definition) is 4. The van der Waals surface area contributed by atoms with Gasteiger partial charge in [-0.25, -0.2) is 4.79 Å². The first-order chi connectivity index (χ1) is 10.1. The average molecular weight is 368 g/mol. The van der Waals surface area contributed by atoms with E-state index in [1.165, 1.54) is 9.75 Å². The summed E-state index contributed by atoms with van der Waals surface area (Å²) in [4.78, 5) is 15.9. The van der Waals surface area contributed by atoms with Crippen molar-refractivity contribution in [2.75, 3.05) is 18.1 Å². The summed E-state index contributed by atoms with van der Waals surface area (Å²) in [7, 11) is 0. The molecule has 0 bridgehead atoms. The number of rotatable bonds is 3. The Morgan fingerprint density at radius 3 is 3.00 bits per heavy atom. The highest BCUT2D eigenvalue weighted by molar-refractivity contribution is 9.10. The van der Waals surface area contributed by atoms with Gasteiger partial charge in [0.05, 0.1) is 18.8 Å². The lowest BCUT2D eigenvalue weighted by atomic mass is 10.1. The zero-order valence-electron chi connectivity index (χ0n) is 11.4. The summed E-state index contributed by atoms with van der Waals surface area (Å²) < 4.78 is 6.71. The first kappa shape index (κ1) is 14.4. The molecule has 6 heteroatoms. The van der Waals surface area contributed by atoms with E-state index in [0.29, 0.717) is 12.4 Å². The van der Waals surface area contributed by atoms with Gasteiger partial charge in [0.1, 0.15) is 12.2 Å². The number of hydrogen-bond donors (Lipinski definition) is 1. The molecule has 1 N–H and O–H groups in total. The van der Waals surface area contributed by atoms with Crippen LogP contribution in [0.25, 0.3) is 0 Å². The maximum atomic E-state index is 11.3. The minimum Gasteiger partial charge on any atom is -0.489 e. The number of thiophene rings is 1. The highest BCUT2D eigenvalue weighted by Crippen LogP contribution is 2.37. The molecule has 0 saturated heterocycles. The van der Waals surface area contributed by atoms with Crippen LogP contribution in [0.5, 0.6) is 5.75 Å². The summed E-state index contributed by atoms with van der Waals surface area (Å²) in [5.41, 5.74) is 1.07. The lowest BCUT2D eigenvalue weighted by molar-refractivity contribution is 0.0692. The zero-order chi connectivity index (χ0) is 15.0. The Hall–Kier alpha value is -1.53. The van der Waals surface area contributed by atoms with Crippen molar-refractivity contribution in [3.8, 4) is 5.75 Å². The van der Waals surface area contributed by atoms with Gasteiger partial charge in [-0.3, -0.25) is 0 Å². The number of nitrogens with zero attached hydrogens (tertiary/aromatic N) is 1. The third-order valence-electron chi connectivity index (χ3n) is 3.43. The fourth-order valence-electron chi connectivity index (χ4n) is 2.42. The van der Waals surface area contributed by atoms with Crippen LogP contribution in [0.2, 0.25) is 0 Å². The number of anilines is 1. The Bertz CT molecular complexity index is 679. The van der Waals surface area contributed by atoms with E-state index < -0.39 is 5.97 Å². The molecule has 0 aliphatic carbocycles. The average Bonchev–Trinajstić information content (AvgIpc) is 2.77. The summed E-state index contributed by atoms with van der Waals surface area (Å²) in [6, 6.07) is 7.38. The zero-order valence-corrected chi connectivity index (χ0v) is 13.8. The number of carboxylic acid groups (broad SMARTS) is 1. The highest BCUT2D eigenvalue weighted by Gasteiger charge is 2.24. The third-order valence-corrected chi connectivity index (χ3v) is 5.55. The lowest BCUT2D eigenvalue weighted by Gasteiger charge is -2.31. The van der Waals surface area contributed by atoms with Gasteiger partial charge in [-0.15, -0.1) is 11.3 Å². The van der Waals surface area contributed by atoms with Crippen molar-refractivity contribution < 1.29 is 14.6 Å². The minimum absolute atomic E-state index is 0.223. The standard InChI is InChI=1S/C15H14BrNO3S/c1-9-12(16)7-10(21-9)8-17-5-6-20-14-11(15(18)19)3-2-4-13(14)17/h2-4,7H,5-6,8H2,1H3,(H,18,19). The number of fused-ring (bicyclic) bond motifs is 1. The number of halogens is 1. The van der Waals surface area contributed by atoms with E-state index in [-0.39, 0.29) is 5.56 Å². The Morgan fingerprint density at radius 1 is 1.52 bits per heavy atom. The molecule has 1 aliphatic rings. The molecule has 110 valence electrons. The fraction of sp³-hybridized carbons (Fsp3) is 0.267. The number of carboxylic acids is 1. The van der Waals surface area contributed by atoms with Crippen molar-refractivity contribution >= 4 is 38.9 Å². The van der Waals surface area contributed by atoms with Gasteiger partial charge in [0, 0.05) is 14.2 Å². The summed E-state index contributed by atoms with van der Waals surface area (Å²) in [6.45, 7) is 4.10. The van der Waals surface area contributed by atoms with Crippen LogP contribution >= 0.6 is 27.3 Å². The van der Waals surface area contributed by atoms with Crippen molar-refractivity contribution in [1.29, 1.82) is 0 Å². The van der Waals surface area contributed by atoms with Gasteiger partial charge >= 0.3 is 5.97 Å². The van der Waals surface area contributed by atoms with Crippen LogP contribution in [0.4, 0.5) is 5.69 Å². The quantitative estimate of drug-likeness (QED) is 0.892. The smallest absolute Gasteiger partial charge is 0.339 e. The molecular formula is C15H14BrNO3S. The molecular weight excluding hydrogens is 354 g/mol. The second-order valence-electron chi connectivity index (χ2n) is 4.85. The molecule has 1 aliphatic heterocycles. The maximum absolute atomic E-state index is 11.3. The van der Waals surface area contributed by atoms with Gasteiger partial charge in [-0.1, -0.05) is 6.07 Å². The second-order valence-corrected chi connectivity index (χ2v) is 7.04. The second kappa shape index (κ2) is 5.69. The van der Waals surface area contributed by atoms with Crippen LogP contribution in [0.1, 0.15) is 20.1 Å². The molecule has 21 heavy (non-hydrogen) atoms. The number of ether oxygens (including phenoxy) is 1. The van der Waals surface area contributed by atoms with Crippen LogP contribution in [-0.2, 0) is 6.54 Å². The molecule has 0 radical (unpaired) electrons. The van der Waals surface area contributed by atoms with Crippen LogP contribution in [-0.4, -0.2) is 24.2 Å². The van der Waals surface area contributed by atoms with Gasteiger partial charge < -0.3 is 14.7 Å². The molecule has 2 aromatic rings. The van der Waals surface area contributed by atoms with Crippen molar-refractivity contribution in [2.24, 2.45) is 0 Å². The predicted octanol–water partition coefficient (Wildman–Crippen LogP) is 3.92. The Balaban J connectivity index is 1.93. The van der Waals surface area contributed by atoms with Crippen molar-refractivity contribution in [1.82, 2.24) is 0 Å². The summed E-state index contributed by atoms with van der Waals surface area (Å²) in [6.07, 6.45) is 0. The monoisotopic (exact) mass is 367 g/mol. The normalized spacial score (nSPS) is 13.7. The van der Waals surface area contributed by atoms with Crippen LogP contribution in [0.15, 0.2) is 28.7 Å². The Kier molecular flexibility index (Phi) is 3.91. The molecule has 0 fully saturated rings. The minimum atomic E-state index is -0.955. The molecule has 0 saturated carbocycles. The van der Waals surface area contributed by atoms with E-state index in [1.807, 2.05) is 6.07 Å². The van der Waals surface area contributed by atoms with Crippen LogP contribution < -0.4 is 9.64 Å². The Morgan fingerprint density at radius 2 is 2.33 bits per heavy atom. The summed E-state index contributed by atoms with van der Waals surface area (Å²) in [5.74, 6) is -0.480. The van der Waals surface area contributed by atoms with Gasteiger partial charge in [0.15, 0.2) is 5.75 Å². The molecule has 0 spiro atoms. The van der Waals surface area contributed by atoms with Crippen LogP contribution in [0, 0.1) is 6.92 Å². The van der Waals surface area contributed by atoms with E-state index >= 15 is 0 Å². The van der Waals surface area contributed by atoms with Crippen LogP contribution in [0.3, 0.4) is 0 Å². The van der Waals surface area contributed by atoms with E-state index in [9.17, 15) is 9.90 Å². The lowest BCUT2D eigenvalue weighted by Crippen LogP contribution is -2.32. The van der Waals surface area contributed by atoms with Crippen molar-refractivity contribution in [2.45, 2.75) is 13.5 Å². The highest BCUT2D eigenvalue weighted by atomic mass is 79.9. The van der Waals surface area contributed by atoms with E-state index in [0.717, 1.165) is 23.2 Å². The topological polar surface area (TPSA) is 49.8 Å². The number of aromatic carboxylic acids is 1. The molecule has 2 heterocycles. The van der Waals surface area contributed by atoms with E-state index in [2.05, 4.69) is 33.8 Å². The molecule has 0 amide bonds. The molecule has 3 rings (SSSR count). The predicted molar refractivity (Wildman–Crippen MR) is 86.7 cm³/mol. The molecule has 0 atom stereocenters. The first-order valence-electron chi connectivity index (χ1n) is 6.55. The van der Waals surface area contributed by atoms with E-state index in [1.54, 1.807) is 23.5 Å². The molecule has 4 nitrogen and oxygen atoms in total. The summed E-state index contributed by atoms with van der Waals surface area (Å²) in [5, 5.41) is 9.25. The fourth-order valence-corrected chi connectivity index (χ4v) is 4.04. The van der Waals surface area contributed by atoms with Gasteiger partial charge in [0.25, 0.3) is 0 Å². The third kappa shape index (κ3) is 2.78. The number of aryl methyl sites for hydroxylation is 1. The van der Waals surface area contributed by atoms with Crippen molar-refractivity contribution in [3.63, 3.8) is 0 Å². The molecule has 1 aromatic heterocycles. The van der Waals surface area contributed by atoms with Gasteiger partial charge in [0.2, 0.25) is 0 Å². The summed E-state index contributed by atoms with van der Waals surface area (Å²) >= 11 is 5.28. The first-order valence-corrected chi connectivity index (χ1v) is 8.16. The van der Waals surface area contributed by atoms with Crippen molar-refractivity contribution in [3.05, 3.63) is 44.1 Å². The molecule has 0 unspecified atom stereocenters. The number of benzene rings is 1. The van der Waals surface area contributed by atoms with Gasteiger partial charge in [-0.2, -0.15) is 0 Å². The molecule has 1 aromatic carbocycles. The van der Waals surface area contributed by atoms with E-state index in [4.69, 9.17) is 4.74 Å². The number of para-hydroxylation sites is 1. The number of carbonyl (C=O) groups is 1.